The molecule has 0 amide bonds. The van der Waals surface area contributed by atoms with E-state index in [-0.39, 0.29) is 23.2 Å². The molecule has 0 aliphatic carbocycles. The van der Waals surface area contributed by atoms with E-state index in [4.69, 9.17) is 5.11 Å². The molecule has 1 N–H and O–H groups in total. The van der Waals surface area contributed by atoms with Crippen LogP contribution in [0.15, 0.2) is 77.6 Å². The van der Waals surface area contributed by atoms with E-state index in [1.165, 1.54) is 18.2 Å². The predicted molar refractivity (Wildman–Crippen MR) is 128 cm³/mol. The van der Waals surface area contributed by atoms with Gasteiger partial charge in [0.25, 0.3) is 5.56 Å². The van der Waals surface area contributed by atoms with Crippen LogP contribution in [0.2, 0.25) is 0 Å². The van der Waals surface area contributed by atoms with Crippen LogP contribution in [0.1, 0.15) is 22.3 Å². The molecule has 0 aliphatic heterocycles. The number of carboxylic acid groups (broad SMARTS) is 1. The summed E-state index contributed by atoms with van der Waals surface area (Å²) in [5.74, 6) is -2.97. The molecule has 4 aromatic rings. The maximum atomic E-state index is 14.5. The highest BCUT2D eigenvalue weighted by Gasteiger charge is 2.37. The Bertz CT molecular complexity index is 1650. The highest BCUT2D eigenvalue weighted by Crippen LogP contribution is 2.37. The third-order valence-electron chi connectivity index (χ3n) is 5.86. The fraction of sp³-hybridized carbons (Fsp3) is 0.107. The molecule has 0 saturated carbocycles. The van der Waals surface area contributed by atoms with E-state index in [0.29, 0.717) is 28.8 Å². The van der Waals surface area contributed by atoms with Crippen LogP contribution >= 0.6 is 0 Å². The lowest BCUT2D eigenvalue weighted by atomic mass is 9.94. The summed E-state index contributed by atoms with van der Waals surface area (Å²) < 4.78 is 70.5. The summed E-state index contributed by atoms with van der Waals surface area (Å²) in [5, 5.41) is 18.5. The van der Waals surface area contributed by atoms with Crippen LogP contribution in [0.3, 0.4) is 0 Å². The monoisotopic (exact) mass is 524 g/mol. The zero-order chi connectivity index (χ0) is 27.6. The van der Waals surface area contributed by atoms with Gasteiger partial charge >= 0.3 is 12.1 Å². The van der Waals surface area contributed by atoms with Gasteiger partial charge in [-0.2, -0.15) is 18.4 Å². The van der Waals surface area contributed by atoms with Gasteiger partial charge in [0.05, 0.1) is 24.2 Å². The van der Waals surface area contributed by atoms with Crippen molar-refractivity contribution in [1.29, 1.82) is 5.26 Å². The van der Waals surface area contributed by atoms with E-state index in [2.05, 4.69) is 0 Å². The number of nitriles is 1. The molecule has 0 unspecified atom stereocenters. The lowest BCUT2D eigenvalue weighted by Crippen LogP contribution is -2.29. The van der Waals surface area contributed by atoms with Crippen molar-refractivity contribution in [1.82, 2.24) is 4.57 Å². The molecule has 1 heterocycles. The largest absolute Gasteiger partial charge is 0.481 e. The second kappa shape index (κ2) is 10.3. The molecule has 0 bridgehead atoms. The maximum absolute atomic E-state index is 14.5. The molecule has 0 spiro atoms. The lowest BCUT2D eigenvalue weighted by Gasteiger charge is -2.20. The number of halogens is 5. The van der Waals surface area contributed by atoms with Crippen molar-refractivity contribution in [3.63, 3.8) is 0 Å². The van der Waals surface area contributed by atoms with Gasteiger partial charge in [-0.05, 0) is 28.8 Å². The van der Waals surface area contributed by atoms with Crippen molar-refractivity contribution >= 4 is 5.97 Å². The molecule has 192 valence electrons. The average molecular weight is 524 g/mol. The molecular formula is C28H17F5N2O3. The Labute approximate surface area is 212 Å². The molecule has 0 fully saturated rings. The number of carbonyl (C=O) groups is 1. The minimum Gasteiger partial charge on any atom is -0.481 e. The molecule has 0 radical (unpaired) electrons. The summed E-state index contributed by atoms with van der Waals surface area (Å²) in [4.78, 5) is 24.4. The number of pyridine rings is 1. The quantitative estimate of drug-likeness (QED) is 0.313. The molecule has 4 rings (SSSR count). The van der Waals surface area contributed by atoms with Gasteiger partial charge in [0.1, 0.15) is 23.3 Å². The average Bonchev–Trinajstić information content (AvgIpc) is 2.85. The summed E-state index contributed by atoms with van der Waals surface area (Å²) in [6.07, 6.45) is -5.34. The smallest absolute Gasteiger partial charge is 0.417 e. The minimum absolute atomic E-state index is 0.148. The van der Waals surface area contributed by atoms with Gasteiger partial charge in [-0.1, -0.05) is 54.6 Å². The van der Waals surface area contributed by atoms with Crippen LogP contribution in [-0.2, 0) is 23.9 Å². The van der Waals surface area contributed by atoms with Crippen LogP contribution in [0, 0.1) is 23.0 Å². The zero-order valence-corrected chi connectivity index (χ0v) is 19.4. The number of alkyl halides is 3. The fourth-order valence-electron chi connectivity index (χ4n) is 4.16. The van der Waals surface area contributed by atoms with Crippen LogP contribution in [0.25, 0.3) is 22.4 Å². The fourth-order valence-corrected chi connectivity index (χ4v) is 4.16. The molecular weight excluding hydrogens is 507 g/mol. The SMILES string of the molecule is N#Cc1c(C(F)(F)F)cc(-c2ccccc2-c2cccc(CC(=O)O)c2)n(Cc2ccc(F)cc2F)c1=O. The Hall–Kier alpha value is -4.78. The first-order valence-corrected chi connectivity index (χ1v) is 11.1. The number of hydrogen-bond acceptors (Lipinski definition) is 3. The van der Waals surface area contributed by atoms with Crippen LogP contribution < -0.4 is 5.56 Å². The number of aromatic nitrogens is 1. The Morgan fingerprint density at radius 1 is 0.947 bits per heavy atom. The highest BCUT2D eigenvalue weighted by atomic mass is 19.4. The Kier molecular flexibility index (Phi) is 7.12. The number of benzene rings is 3. The van der Waals surface area contributed by atoms with Crippen LogP contribution in [-0.4, -0.2) is 15.6 Å². The van der Waals surface area contributed by atoms with Crippen molar-refractivity contribution < 1.29 is 31.9 Å². The Balaban J connectivity index is 2.02. The van der Waals surface area contributed by atoms with E-state index in [1.807, 2.05) is 0 Å². The van der Waals surface area contributed by atoms with Crippen LogP contribution in [0.5, 0.6) is 0 Å². The molecule has 3 aromatic carbocycles. The maximum Gasteiger partial charge on any atom is 0.417 e. The topological polar surface area (TPSA) is 83.1 Å². The number of hydrogen-bond donors (Lipinski definition) is 1. The Morgan fingerprint density at radius 2 is 1.66 bits per heavy atom. The standard InChI is InChI=1S/C28H17F5N2O3/c29-19-9-8-18(24(30)12-19)15-35-25(13-23(28(31,32)33)22(14-34)27(35)38)21-7-2-1-6-20(21)17-5-3-4-16(10-17)11-26(36)37/h1-10,12-13H,11,15H2,(H,36,37). The lowest BCUT2D eigenvalue weighted by molar-refractivity contribution is -0.138. The van der Waals surface area contributed by atoms with Gasteiger partial charge in [-0.25, -0.2) is 8.78 Å². The summed E-state index contributed by atoms with van der Waals surface area (Å²) in [6.45, 7) is -0.583. The minimum atomic E-state index is -5.05. The summed E-state index contributed by atoms with van der Waals surface area (Å²) in [5.41, 5.74) is -2.94. The predicted octanol–water partition coefficient (Wildman–Crippen LogP) is 6.03. The van der Waals surface area contributed by atoms with E-state index < -0.39 is 47.0 Å². The van der Waals surface area contributed by atoms with E-state index >= 15 is 0 Å². The number of aliphatic carboxylic acids is 1. The highest BCUT2D eigenvalue weighted by molar-refractivity contribution is 5.83. The van der Waals surface area contributed by atoms with Crippen LogP contribution in [0.4, 0.5) is 22.0 Å². The number of carboxylic acids is 1. The summed E-state index contributed by atoms with van der Waals surface area (Å²) >= 11 is 0. The van der Waals surface area contributed by atoms with Gasteiger partial charge in [-0.3, -0.25) is 9.59 Å². The van der Waals surface area contributed by atoms with E-state index in [1.54, 1.807) is 36.4 Å². The van der Waals surface area contributed by atoms with Crippen molar-refractivity contribution in [2.45, 2.75) is 19.1 Å². The summed E-state index contributed by atoms with van der Waals surface area (Å²) in [7, 11) is 0. The van der Waals surface area contributed by atoms with Crippen molar-refractivity contribution in [2.75, 3.05) is 0 Å². The zero-order valence-electron chi connectivity index (χ0n) is 19.4. The summed E-state index contributed by atoms with van der Waals surface area (Å²) in [6, 6.07) is 17.1. The third-order valence-corrected chi connectivity index (χ3v) is 5.86. The van der Waals surface area contributed by atoms with E-state index in [0.717, 1.165) is 16.7 Å². The Morgan fingerprint density at radius 3 is 2.29 bits per heavy atom. The van der Waals surface area contributed by atoms with Crippen molar-refractivity contribution in [2.24, 2.45) is 0 Å². The normalized spacial score (nSPS) is 11.3. The van der Waals surface area contributed by atoms with Gasteiger partial charge in [0.15, 0.2) is 0 Å². The van der Waals surface area contributed by atoms with Crippen molar-refractivity contribution in [3.05, 3.63) is 117 Å². The second-order valence-corrected chi connectivity index (χ2v) is 8.37. The third kappa shape index (κ3) is 5.32. The molecule has 0 aliphatic rings. The second-order valence-electron chi connectivity index (χ2n) is 8.37. The first-order chi connectivity index (χ1) is 18.0. The molecule has 0 atom stereocenters. The van der Waals surface area contributed by atoms with E-state index in [9.17, 15) is 36.8 Å². The van der Waals surface area contributed by atoms with Gasteiger partial charge in [0.2, 0.25) is 0 Å². The van der Waals surface area contributed by atoms with Crippen molar-refractivity contribution in [3.8, 4) is 28.5 Å². The van der Waals surface area contributed by atoms with Gasteiger partial charge < -0.3 is 9.67 Å². The number of rotatable bonds is 6. The molecule has 0 saturated heterocycles. The first kappa shape index (κ1) is 26.3. The van der Waals surface area contributed by atoms with Gasteiger partial charge in [0, 0.05) is 17.2 Å². The first-order valence-electron chi connectivity index (χ1n) is 11.1. The molecule has 38 heavy (non-hydrogen) atoms. The number of nitrogens with zero attached hydrogens (tertiary/aromatic N) is 2. The molecule has 5 nitrogen and oxygen atoms in total. The molecule has 1 aromatic heterocycles. The van der Waals surface area contributed by atoms with Gasteiger partial charge in [-0.15, -0.1) is 0 Å². The molecule has 10 heteroatoms.